The van der Waals surface area contributed by atoms with E-state index in [2.05, 4.69) is 30.0 Å². The van der Waals surface area contributed by atoms with Crippen molar-refractivity contribution < 1.29 is 4.79 Å². The number of aromatic amines is 1. The molecule has 2 aromatic rings. The fourth-order valence-electron chi connectivity index (χ4n) is 1.88. The summed E-state index contributed by atoms with van der Waals surface area (Å²) in [6.07, 6.45) is 8.27. The number of hydrogen-bond acceptors (Lipinski definition) is 5. The minimum absolute atomic E-state index is 0.0138. The van der Waals surface area contributed by atoms with Gasteiger partial charge in [-0.25, -0.2) is 4.98 Å². The SMILES string of the molecule is O=C(CSc1nncn1C1CC1)NCCc1cnc[nH]1. The van der Waals surface area contributed by atoms with Gasteiger partial charge in [-0.15, -0.1) is 10.2 Å². The highest BCUT2D eigenvalue weighted by atomic mass is 32.2. The van der Waals surface area contributed by atoms with Crippen LogP contribution >= 0.6 is 11.8 Å². The number of rotatable bonds is 7. The molecule has 0 saturated heterocycles. The number of nitrogens with one attached hydrogen (secondary N) is 2. The third-order valence-electron chi connectivity index (χ3n) is 3.08. The smallest absolute Gasteiger partial charge is 0.230 e. The van der Waals surface area contributed by atoms with Crippen LogP contribution in [0.15, 0.2) is 24.0 Å². The van der Waals surface area contributed by atoms with Gasteiger partial charge in [0.15, 0.2) is 5.16 Å². The van der Waals surface area contributed by atoms with Crippen LogP contribution in [0.4, 0.5) is 0 Å². The van der Waals surface area contributed by atoms with E-state index in [9.17, 15) is 4.79 Å². The lowest BCUT2D eigenvalue weighted by atomic mass is 10.3. The van der Waals surface area contributed by atoms with Crippen LogP contribution < -0.4 is 5.32 Å². The molecule has 0 radical (unpaired) electrons. The number of thioether (sulfide) groups is 1. The van der Waals surface area contributed by atoms with E-state index < -0.39 is 0 Å². The average Bonchev–Trinajstić information content (AvgIpc) is 2.98. The molecule has 1 aliphatic rings. The number of carbonyl (C=O) groups excluding carboxylic acids is 1. The number of nitrogens with zero attached hydrogens (tertiary/aromatic N) is 4. The van der Waals surface area contributed by atoms with E-state index in [1.54, 1.807) is 18.9 Å². The van der Waals surface area contributed by atoms with Gasteiger partial charge in [-0.05, 0) is 12.8 Å². The minimum atomic E-state index is 0.0138. The molecule has 0 atom stereocenters. The molecule has 0 aromatic carbocycles. The molecule has 20 heavy (non-hydrogen) atoms. The fraction of sp³-hybridized carbons (Fsp3) is 0.500. The minimum Gasteiger partial charge on any atom is -0.355 e. The van der Waals surface area contributed by atoms with Crippen LogP contribution in [-0.4, -0.2) is 42.9 Å². The Morgan fingerprint density at radius 1 is 1.55 bits per heavy atom. The van der Waals surface area contributed by atoms with Crippen molar-refractivity contribution >= 4 is 17.7 Å². The van der Waals surface area contributed by atoms with Gasteiger partial charge in [-0.2, -0.15) is 0 Å². The van der Waals surface area contributed by atoms with Crippen molar-refractivity contribution in [3.05, 3.63) is 24.5 Å². The molecule has 2 N–H and O–H groups in total. The number of H-pyrrole nitrogens is 1. The fourth-order valence-corrected chi connectivity index (χ4v) is 2.69. The first-order valence-corrected chi connectivity index (χ1v) is 7.58. The highest BCUT2D eigenvalue weighted by molar-refractivity contribution is 7.99. The summed E-state index contributed by atoms with van der Waals surface area (Å²) < 4.78 is 2.06. The first-order valence-electron chi connectivity index (χ1n) is 6.59. The first kappa shape index (κ1) is 13.2. The summed E-state index contributed by atoms with van der Waals surface area (Å²) >= 11 is 1.44. The number of carbonyl (C=O) groups is 1. The zero-order chi connectivity index (χ0) is 13.8. The van der Waals surface area contributed by atoms with E-state index >= 15 is 0 Å². The molecule has 8 heteroatoms. The maximum absolute atomic E-state index is 11.7. The largest absolute Gasteiger partial charge is 0.355 e. The summed E-state index contributed by atoms with van der Waals surface area (Å²) in [5.41, 5.74) is 1.02. The summed E-state index contributed by atoms with van der Waals surface area (Å²) in [5, 5.41) is 11.7. The molecule has 2 aromatic heterocycles. The molecular formula is C12H16N6OS. The van der Waals surface area contributed by atoms with Crippen molar-refractivity contribution in [2.75, 3.05) is 12.3 Å². The van der Waals surface area contributed by atoms with E-state index in [0.29, 0.717) is 18.3 Å². The van der Waals surface area contributed by atoms with Crippen LogP contribution in [0.25, 0.3) is 0 Å². The Morgan fingerprint density at radius 2 is 2.45 bits per heavy atom. The Hall–Kier alpha value is -1.83. The van der Waals surface area contributed by atoms with Crippen molar-refractivity contribution in [3.8, 4) is 0 Å². The molecular weight excluding hydrogens is 276 g/mol. The monoisotopic (exact) mass is 292 g/mol. The molecule has 0 bridgehead atoms. The summed E-state index contributed by atoms with van der Waals surface area (Å²) in [5.74, 6) is 0.383. The van der Waals surface area contributed by atoms with E-state index in [1.807, 2.05) is 0 Å². The van der Waals surface area contributed by atoms with Crippen LogP contribution in [0.1, 0.15) is 24.6 Å². The van der Waals surface area contributed by atoms with Gasteiger partial charge in [0, 0.05) is 30.9 Å². The normalized spacial score (nSPS) is 14.4. The standard InChI is InChI=1S/C12H16N6OS/c19-11(14-4-3-9-5-13-7-15-9)6-20-12-17-16-8-18(12)10-1-2-10/h5,7-8,10H,1-4,6H2,(H,13,15)(H,14,19). The van der Waals surface area contributed by atoms with E-state index in [4.69, 9.17) is 0 Å². The summed E-state index contributed by atoms with van der Waals surface area (Å²) in [7, 11) is 0. The Bertz CT molecular complexity index is 562. The van der Waals surface area contributed by atoms with Gasteiger partial charge in [-0.3, -0.25) is 4.79 Å². The number of imidazole rings is 1. The van der Waals surface area contributed by atoms with Gasteiger partial charge in [0.2, 0.25) is 5.91 Å². The molecule has 3 rings (SSSR count). The second-order valence-corrected chi connectivity index (χ2v) is 5.66. The predicted molar refractivity (Wildman–Crippen MR) is 74.3 cm³/mol. The maximum atomic E-state index is 11.7. The highest BCUT2D eigenvalue weighted by Crippen LogP contribution is 2.37. The molecule has 2 heterocycles. The number of hydrogen-bond donors (Lipinski definition) is 2. The third kappa shape index (κ3) is 3.38. The van der Waals surface area contributed by atoms with Gasteiger partial charge < -0.3 is 14.9 Å². The summed E-state index contributed by atoms with van der Waals surface area (Å²) in [6.45, 7) is 0.608. The van der Waals surface area contributed by atoms with Crippen LogP contribution in [0.2, 0.25) is 0 Å². The van der Waals surface area contributed by atoms with Crippen molar-refractivity contribution in [3.63, 3.8) is 0 Å². The average molecular weight is 292 g/mol. The molecule has 106 valence electrons. The number of aromatic nitrogens is 5. The predicted octanol–water partition coefficient (Wildman–Crippen LogP) is 0.787. The molecule has 7 nitrogen and oxygen atoms in total. The molecule has 1 saturated carbocycles. The Morgan fingerprint density at radius 3 is 3.20 bits per heavy atom. The highest BCUT2D eigenvalue weighted by Gasteiger charge is 2.26. The van der Waals surface area contributed by atoms with Crippen LogP contribution in [0.3, 0.4) is 0 Å². The van der Waals surface area contributed by atoms with Crippen LogP contribution in [0.5, 0.6) is 0 Å². The molecule has 0 spiro atoms. The van der Waals surface area contributed by atoms with Crippen LogP contribution in [-0.2, 0) is 11.2 Å². The van der Waals surface area contributed by atoms with E-state index in [-0.39, 0.29) is 5.91 Å². The third-order valence-corrected chi connectivity index (χ3v) is 4.04. The Balaban J connectivity index is 1.39. The molecule has 0 unspecified atom stereocenters. The Kier molecular flexibility index (Phi) is 4.00. The molecule has 1 aliphatic carbocycles. The zero-order valence-corrected chi connectivity index (χ0v) is 11.8. The van der Waals surface area contributed by atoms with Crippen molar-refractivity contribution in [1.29, 1.82) is 0 Å². The van der Waals surface area contributed by atoms with Gasteiger partial charge in [0.25, 0.3) is 0 Å². The zero-order valence-electron chi connectivity index (χ0n) is 11.0. The summed E-state index contributed by atoms with van der Waals surface area (Å²) in [4.78, 5) is 18.7. The maximum Gasteiger partial charge on any atom is 0.230 e. The van der Waals surface area contributed by atoms with Crippen LogP contribution in [0, 0.1) is 0 Å². The lowest BCUT2D eigenvalue weighted by Crippen LogP contribution is -2.27. The second-order valence-electron chi connectivity index (χ2n) is 4.72. The van der Waals surface area contributed by atoms with Gasteiger partial charge in [0.05, 0.1) is 12.1 Å². The first-order chi connectivity index (χ1) is 9.83. The van der Waals surface area contributed by atoms with Gasteiger partial charge >= 0.3 is 0 Å². The van der Waals surface area contributed by atoms with Gasteiger partial charge in [0.1, 0.15) is 6.33 Å². The van der Waals surface area contributed by atoms with E-state index in [1.165, 1.54) is 24.6 Å². The van der Waals surface area contributed by atoms with Crippen molar-refractivity contribution in [2.45, 2.75) is 30.5 Å². The van der Waals surface area contributed by atoms with Crippen molar-refractivity contribution in [1.82, 2.24) is 30.0 Å². The topological polar surface area (TPSA) is 88.5 Å². The summed E-state index contributed by atoms with van der Waals surface area (Å²) in [6, 6.07) is 0.538. The number of amides is 1. The van der Waals surface area contributed by atoms with Gasteiger partial charge in [-0.1, -0.05) is 11.8 Å². The molecule has 1 amide bonds. The molecule has 0 aliphatic heterocycles. The lowest BCUT2D eigenvalue weighted by Gasteiger charge is -2.05. The van der Waals surface area contributed by atoms with Crippen molar-refractivity contribution in [2.24, 2.45) is 0 Å². The lowest BCUT2D eigenvalue weighted by molar-refractivity contribution is -0.118. The second kappa shape index (κ2) is 6.08. The molecule has 1 fully saturated rings. The van der Waals surface area contributed by atoms with E-state index in [0.717, 1.165) is 17.3 Å². The quantitative estimate of drug-likeness (QED) is 0.736. The Labute approximate surface area is 120 Å².